The lowest BCUT2D eigenvalue weighted by molar-refractivity contribution is -0.120. The van der Waals surface area contributed by atoms with Crippen LogP contribution in [-0.4, -0.2) is 12.1 Å². The predicted molar refractivity (Wildman–Crippen MR) is 84.4 cm³/mol. The highest BCUT2D eigenvalue weighted by molar-refractivity contribution is 7.13. The molecule has 0 saturated heterocycles. The van der Waals surface area contributed by atoms with E-state index in [1.807, 2.05) is 45.0 Å². The van der Waals surface area contributed by atoms with E-state index in [-0.39, 0.29) is 5.91 Å². The summed E-state index contributed by atoms with van der Waals surface area (Å²) in [6, 6.07) is 10.1. The summed E-state index contributed by atoms with van der Waals surface area (Å²) in [6.45, 7) is 6.11. The highest BCUT2D eigenvalue weighted by Gasteiger charge is 2.05. The molecule has 1 aromatic carbocycles. The van der Waals surface area contributed by atoms with Gasteiger partial charge in [0.15, 0.2) is 0 Å². The number of hydrogen-bond acceptors (Lipinski definition) is 3. The van der Waals surface area contributed by atoms with E-state index >= 15 is 0 Å². The number of nitrogens with one attached hydrogen (secondary N) is 1. The Morgan fingerprint density at radius 2 is 2.05 bits per heavy atom. The van der Waals surface area contributed by atoms with E-state index in [1.54, 1.807) is 17.6 Å². The first-order valence-electron chi connectivity index (χ1n) is 6.49. The fraction of sp³-hybridized carbons (Fsp3) is 0.250. The van der Waals surface area contributed by atoms with Crippen LogP contribution in [-0.2, 0) is 11.2 Å². The third-order valence-electron chi connectivity index (χ3n) is 2.99. The van der Waals surface area contributed by atoms with Gasteiger partial charge >= 0.3 is 0 Å². The molecule has 0 aliphatic rings. The van der Waals surface area contributed by atoms with Crippen molar-refractivity contribution in [3.63, 3.8) is 0 Å². The van der Waals surface area contributed by atoms with Gasteiger partial charge in [0.1, 0.15) is 0 Å². The molecule has 1 N–H and O–H groups in total. The quantitative estimate of drug-likeness (QED) is 0.679. The van der Waals surface area contributed by atoms with Crippen LogP contribution >= 0.6 is 11.3 Å². The Labute approximate surface area is 123 Å². The first kappa shape index (κ1) is 14.5. The van der Waals surface area contributed by atoms with E-state index in [1.165, 1.54) is 10.4 Å². The van der Waals surface area contributed by atoms with Crippen molar-refractivity contribution in [2.45, 2.75) is 27.2 Å². The molecule has 0 aliphatic carbocycles. The van der Waals surface area contributed by atoms with Gasteiger partial charge in [0.2, 0.25) is 5.91 Å². The van der Waals surface area contributed by atoms with Gasteiger partial charge in [0.25, 0.3) is 0 Å². The molecule has 3 nitrogen and oxygen atoms in total. The average Bonchev–Trinajstić information content (AvgIpc) is 2.79. The largest absolute Gasteiger partial charge is 0.273 e. The molecule has 1 heterocycles. The van der Waals surface area contributed by atoms with Crippen LogP contribution in [0.25, 0.3) is 0 Å². The maximum absolute atomic E-state index is 11.8. The van der Waals surface area contributed by atoms with E-state index in [0.717, 1.165) is 16.0 Å². The van der Waals surface area contributed by atoms with Gasteiger partial charge in [-0.1, -0.05) is 23.8 Å². The van der Waals surface area contributed by atoms with Crippen LogP contribution in [0.4, 0.5) is 0 Å². The summed E-state index contributed by atoms with van der Waals surface area (Å²) in [4.78, 5) is 14.1. The zero-order valence-corrected chi connectivity index (χ0v) is 12.8. The Balaban J connectivity index is 1.91. The molecule has 4 heteroatoms. The van der Waals surface area contributed by atoms with Crippen molar-refractivity contribution in [2.75, 3.05) is 0 Å². The molecule has 0 radical (unpaired) electrons. The lowest BCUT2D eigenvalue weighted by Gasteiger charge is -2.05. The summed E-state index contributed by atoms with van der Waals surface area (Å²) in [5, 5.41) is 3.98. The standard InChI is InChI=1S/C16H18N2OS/c1-11-4-6-14(12(2)8-11)9-16(19)18-17-10-15-7-5-13(3)20-15/h4-8,10H,9H2,1-3H3,(H,18,19)/b17-10-. The highest BCUT2D eigenvalue weighted by atomic mass is 32.1. The second kappa shape index (κ2) is 6.48. The summed E-state index contributed by atoms with van der Waals surface area (Å²) in [7, 11) is 0. The normalized spacial score (nSPS) is 10.9. The molecule has 0 aliphatic heterocycles. The minimum absolute atomic E-state index is 0.0959. The lowest BCUT2D eigenvalue weighted by atomic mass is 10.0. The molecule has 0 saturated carbocycles. The summed E-state index contributed by atoms with van der Waals surface area (Å²) < 4.78 is 0. The van der Waals surface area contributed by atoms with Gasteiger partial charge < -0.3 is 0 Å². The second-order valence-electron chi connectivity index (χ2n) is 4.85. The summed E-state index contributed by atoms with van der Waals surface area (Å²) in [5.74, 6) is -0.0959. The third-order valence-corrected chi connectivity index (χ3v) is 3.93. The predicted octanol–water partition coefficient (Wildman–Crippen LogP) is 3.37. The zero-order chi connectivity index (χ0) is 14.5. The molecular formula is C16H18N2OS. The number of rotatable bonds is 4. The number of aryl methyl sites for hydroxylation is 3. The summed E-state index contributed by atoms with van der Waals surface area (Å²) in [6.07, 6.45) is 2.03. The molecule has 1 aromatic heterocycles. The van der Waals surface area contributed by atoms with E-state index in [4.69, 9.17) is 0 Å². The van der Waals surface area contributed by atoms with Crippen LogP contribution in [0.5, 0.6) is 0 Å². The van der Waals surface area contributed by atoms with Crippen molar-refractivity contribution in [3.8, 4) is 0 Å². The van der Waals surface area contributed by atoms with E-state index in [0.29, 0.717) is 6.42 Å². The molecule has 104 valence electrons. The molecule has 20 heavy (non-hydrogen) atoms. The Morgan fingerprint density at radius 3 is 2.70 bits per heavy atom. The van der Waals surface area contributed by atoms with Crippen LogP contribution in [0.15, 0.2) is 35.4 Å². The molecule has 0 atom stereocenters. The molecular weight excluding hydrogens is 268 g/mol. The van der Waals surface area contributed by atoms with Crippen LogP contribution in [0, 0.1) is 20.8 Å². The number of carbonyl (C=O) groups is 1. The molecule has 0 bridgehead atoms. The van der Waals surface area contributed by atoms with Crippen molar-refractivity contribution >= 4 is 23.5 Å². The van der Waals surface area contributed by atoms with E-state index in [9.17, 15) is 4.79 Å². The van der Waals surface area contributed by atoms with Crippen LogP contribution in [0.1, 0.15) is 26.4 Å². The van der Waals surface area contributed by atoms with Gasteiger partial charge in [-0.3, -0.25) is 4.79 Å². The minimum Gasteiger partial charge on any atom is -0.273 e. The summed E-state index contributed by atoms with van der Waals surface area (Å²) >= 11 is 1.65. The molecule has 0 fully saturated rings. The molecule has 1 amide bonds. The number of hydrogen-bond donors (Lipinski definition) is 1. The summed E-state index contributed by atoms with van der Waals surface area (Å²) in [5.41, 5.74) is 5.95. The number of amides is 1. The number of carbonyl (C=O) groups excluding carboxylic acids is 1. The molecule has 0 spiro atoms. The van der Waals surface area contributed by atoms with Crippen molar-refractivity contribution in [3.05, 3.63) is 56.8 Å². The smallest absolute Gasteiger partial charge is 0.244 e. The molecule has 0 unspecified atom stereocenters. The third kappa shape index (κ3) is 4.03. The van der Waals surface area contributed by atoms with Gasteiger partial charge in [-0.15, -0.1) is 11.3 Å². The SMILES string of the molecule is Cc1ccc(CC(=O)N/N=C\c2ccc(C)s2)c(C)c1. The first-order valence-corrected chi connectivity index (χ1v) is 7.31. The average molecular weight is 286 g/mol. The van der Waals surface area contributed by atoms with Gasteiger partial charge in [0, 0.05) is 9.75 Å². The molecule has 2 rings (SSSR count). The maximum atomic E-state index is 11.8. The number of benzene rings is 1. The van der Waals surface area contributed by atoms with Crippen LogP contribution in [0.3, 0.4) is 0 Å². The monoisotopic (exact) mass is 286 g/mol. The topological polar surface area (TPSA) is 41.5 Å². The first-order chi connectivity index (χ1) is 9.54. The van der Waals surface area contributed by atoms with Crippen molar-refractivity contribution in [1.82, 2.24) is 5.43 Å². The van der Waals surface area contributed by atoms with Gasteiger partial charge in [-0.2, -0.15) is 5.10 Å². The van der Waals surface area contributed by atoms with E-state index in [2.05, 4.69) is 16.6 Å². The van der Waals surface area contributed by atoms with Gasteiger partial charge in [0.05, 0.1) is 12.6 Å². The second-order valence-corrected chi connectivity index (χ2v) is 6.17. The van der Waals surface area contributed by atoms with Crippen LogP contribution < -0.4 is 5.43 Å². The lowest BCUT2D eigenvalue weighted by Crippen LogP contribution is -2.20. The van der Waals surface area contributed by atoms with E-state index < -0.39 is 0 Å². The Kier molecular flexibility index (Phi) is 4.69. The Hall–Kier alpha value is -1.94. The maximum Gasteiger partial charge on any atom is 0.244 e. The number of hydrazone groups is 1. The Morgan fingerprint density at radius 1 is 1.25 bits per heavy atom. The van der Waals surface area contributed by atoms with Crippen molar-refractivity contribution < 1.29 is 4.79 Å². The van der Waals surface area contributed by atoms with Gasteiger partial charge in [-0.25, -0.2) is 5.43 Å². The molecule has 2 aromatic rings. The van der Waals surface area contributed by atoms with Crippen molar-refractivity contribution in [1.29, 1.82) is 0 Å². The minimum atomic E-state index is -0.0959. The van der Waals surface area contributed by atoms with Crippen LogP contribution in [0.2, 0.25) is 0 Å². The fourth-order valence-electron chi connectivity index (χ4n) is 1.95. The van der Waals surface area contributed by atoms with Gasteiger partial charge in [-0.05, 0) is 44.0 Å². The number of thiophene rings is 1. The van der Waals surface area contributed by atoms with Crippen molar-refractivity contribution in [2.24, 2.45) is 5.10 Å². The number of nitrogens with zero attached hydrogens (tertiary/aromatic N) is 1. The fourth-order valence-corrected chi connectivity index (χ4v) is 2.70. The zero-order valence-electron chi connectivity index (χ0n) is 11.9. The Bertz CT molecular complexity index is 644. The highest BCUT2D eigenvalue weighted by Crippen LogP contribution is 2.12.